The Morgan fingerprint density at radius 1 is 1.29 bits per heavy atom. The summed E-state index contributed by atoms with van der Waals surface area (Å²) in [6.07, 6.45) is 1.53. The van der Waals surface area contributed by atoms with Gasteiger partial charge in [-0.2, -0.15) is 0 Å². The van der Waals surface area contributed by atoms with Gasteiger partial charge in [-0.05, 0) is 25.3 Å². The Bertz CT molecular complexity index is 356. The van der Waals surface area contributed by atoms with Crippen molar-refractivity contribution in [2.75, 3.05) is 13.2 Å². The molecule has 1 aromatic rings. The number of rotatable bonds is 7. The number of benzene rings is 1. The number of carbonyl (C=O) groups is 1. The third-order valence-electron chi connectivity index (χ3n) is 2.65. The van der Waals surface area contributed by atoms with Crippen LogP contribution in [0.1, 0.15) is 42.6 Å². The van der Waals surface area contributed by atoms with Gasteiger partial charge in [0.25, 0.3) is 0 Å². The number of hydrogen-bond donors (Lipinski definition) is 0. The standard InChI is InChI=1S/C15H22O2/c1-12(2)7-9-17-10-8-15(16)14-6-4-5-13(3)11-14/h4-6,11-12H,7-10H2,1-3H3. The van der Waals surface area contributed by atoms with E-state index in [0.717, 1.165) is 24.2 Å². The lowest BCUT2D eigenvalue weighted by Gasteiger charge is -2.06. The number of aryl methyl sites for hydroxylation is 1. The van der Waals surface area contributed by atoms with Crippen LogP contribution in [0.15, 0.2) is 24.3 Å². The molecule has 17 heavy (non-hydrogen) atoms. The third-order valence-corrected chi connectivity index (χ3v) is 2.65. The van der Waals surface area contributed by atoms with Crippen LogP contribution >= 0.6 is 0 Å². The smallest absolute Gasteiger partial charge is 0.165 e. The molecule has 2 nitrogen and oxygen atoms in total. The molecule has 0 saturated heterocycles. The number of Topliss-reactive ketones (excluding diaryl/α,β-unsaturated/α-hetero) is 1. The van der Waals surface area contributed by atoms with Crippen molar-refractivity contribution in [3.05, 3.63) is 35.4 Å². The van der Waals surface area contributed by atoms with E-state index in [4.69, 9.17) is 4.74 Å². The highest BCUT2D eigenvalue weighted by molar-refractivity contribution is 5.96. The van der Waals surface area contributed by atoms with Crippen LogP contribution in [0.2, 0.25) is 0 Å². The van der Waals surface area contributed by atoms with Crippen LogP contribution in [0.4, 0.5) is 0 Å². The van der Waals surface area contributed by atoms with E-state index in [2.05, 4.69) is 13.8 Å². The number of ether oxygens (including phenoxy) is 1. The Kier molecular flexibility index (Phi) is 5.92. The van der Waals surface area contributed by atoms with E-state index in [-0.39, 0.29) is 5.78 Å². The predicted octanol–water partition coefficient (Wildman–Crippen LogP) is 3.63. The maximum absolute atomic E-state index is 11.8. The second-order valence-electron chi connectivity index (χ2n) is 4.84. The van der Waals surface area contributed by atoms with Gasteiger partial charge in [0.15, 0.2) is 5.78 Å². The van der Waals surface area contributed by atoms with Crippen molar-refractivity contribution in [3.63, 3.8) is 0 Å². The summed E-state index contributed by atoms with van der Waals surface area (Å²) in [6.45, 7) is 7.61. The SMILES string of the molecule is Cc1cccc(C(=O)CCOCCC(C)C)c1. The first-order chi connectivity index (χ1) is 8.09. The van der Waals surface area contributed by atoms with Crippen LogP contribution in [-0.2, 0) is 4.74 Å². The van der Waals surface area contributed by atoms with Crippen LogP contribution in [0.5, 0.6) is 0 Å². The molecular formula is C15H22O2. The Balaban J connectivity index is 2.26. The molecular weight excluding hydrogens is 212 g/mol. The molecule has 0 aliphatic heterocycles. The first-order valence-electron chi connectivity index (χ1n) is 6.27. The second kappa shape index (κ2) is 7.23. The lowest BCUT2D eigenvalue weighted by atomic mass is 10.1. The molecule has 0 spiro atoms. The van der Waals surface area contributed by atoms with Crippen LogP contribution < -0.4 is 0 Å². The zero-order valence-electron chi connectivity index (χ0n) is 11.0. The van der Waals surface area contributed by atoms with E-state index in [1.165, 1.54) is 0 Å². The zero-order valence-corrected chi connectivity index (χ0v) is 11.0. The summed E-state index contributed by atoms with van der Waals surface area (Å²) in [4.78, 5) is 11.8. The summed E-state index contributed by atoms with van der Waals surface area (Å²) in [6, 6.07) is 7.71. The molecule has 0 bridgehead atoms. The molecule has 0 saturated carbocycles. The van der Waals surface area contributed by atoms with Gasteiger partial charge in [-0.1, -0.05) is 37.6 Å². The molecule has 0 amide bonds. The van der Waals surface area contributed by atoms with Gasteiger partial charge in [-0.25, -0.2) is 0 Å². The fourth-order valence-electron chi connectivity index (χ4n) is 1.55. The van der Waals surface area contributed by atoms with Crippen LogP contribution in [-0.4, -0.2) is 19.0 Å². The summed E-state index contributed by atoms with van der Waals surface area (Å²) in [5, 5.41) is 0. The van der Waals surface area contributed by atoms with Crippen molar-refractivity contribution in [2.45, 2.75) is 33.6 Å². The summed E-state index contributed by atoms with van der Waals surface area (Å²) < 4.78 is 5.45. The van der Waals surface area contributed by atoms with Gasteiger partial charge in [0.2, 0.25) is 0 Å². The molecule has 0 aliphatic rings. The predicted molar refractivity (Wildman–Crippen MR) is 70.4 cm³/mol. The first-order valence-corrected chi connectivity index (χ1v) is 6.27. The minimum absolute atomic E-state index is 0.165. The van der Waals surface area contributed by atoms with Crippen molar-refractivity contribution in [2.24, 2.45) is 5.92 Å². The van der Waals surface area contributed by atoms with Crippen molar-refractivity contribution in [1.82, 2.24) is 0 Å². The van der Waals surface area contributed by atoms with Crippen LogP contribution in [0.25, 0.3) is 0 Å². The molecule has 0 unspecified atom stereocenters. The highest BCUT2D eigenvalue weighted by Crippen LogP contribution is 2.07. The topological polar surface area (TPSA) is 26.3 Å². The molecule has 0 radical (unpaired) electrons. The molecule has 94 valence electrons. The van der Waals surface area contributed by atoms with E-state index in [9.17, 15) is 4.79 Å². The van der Waals surface area contributed by atoms with E-state index in [1.54, 1.807) is 0 Å². The number of ketones is 1. The minimum Gasteiger partial charge on any atom is -0.381 e. The van der Waals surface area contributed by atoms with Crippen molar-refractivity contribution >= 4 is 5.78 Å². The van der Waals surface area contributed by atoms with Crippen LogP contribution in [0.3, 0.4) is 0 Å². The maximum Gasteiger partial charge on any atom is 0.165 e. The van der Waals surface area contributed by atoms with Crippen molar-refractivity contribution < 1.29 is 9.53 Å². The van der Waals surface area contributed by atoms with Gasteiger partial charge in [0.1, 0.15) is 0 Å². The zero-order chi connectivity index (χ0) is 12.7. The van der Waals surface area contributed by atoms with Gasteiger partial charge in [0, 0.05) is 18.6 Å². The molecule has 0 heterocycles. The average molecular weight is 234 g/mol. The van der Waals surface area contributed by atoms with Gasteiger partial charge >= 0.3 is 0 Å². The number of carbonyl (C=O) groups excluding carboxylic acids is 1. The molecule has 1 aromatic carbocycles. The second-order valence-corrected chi connectivity index (χ2v) is 4.84. The van der Waals surface area contributed by atoms with Gasteiger partial charge in [-0.3, -0.25) is 4.79 Å². The highest BCUT2D eigenvalue weighted by Gasteiger charge is 2.05. The normalized spacial score (nSPS) is 10.8. The summed E-state index contributed by atoms with van der Waals surface area (Å²) in [5.41, 5.74) is 1.91. The van der Waals surface area contributed by atoms with Gasteiger partial charge < -0.3 is 4.74 Å². The summed E-state index contributed by atoms with van der Waals surface area (Å²) in [5.74, 6) is 0.820. The molecule has 1 rings (SSSR count). The average Bonchev–Trinajstić information content (AvgIpc) is 2.28. The molecule has 0 aromatic heterocycles. The Hall–Kier alpha value is -1.15. The monoisotopic (exact) mass is 234 g/mol. The molecule has 0 atom stereocenters. The fraction of sp³-hybridized carbons (Fsp3) is 0.533. The van der Waals surface area contributed by atoms with E-state index < -0.39 is 0 Å². The third kappa shape index (κ3) is 5.64. The van der Waals surface area contributed by atoms with E-state index >= 15 is 0 Å². The summed E-state index contributed by atoms with van der Waals surface area (Å²) in [7, 11) is 0. The van der Waals surface area contributed by atoms with Gasteiger partial charge in [-0.15, -0.1) is 0 Å². The van der Waals surface area contributed by atoms with Crippen LogP contribution in [0, 0.1) is 12.8 Å². The maximum atomic E-state index is 11.8. The van der Waals surface area contributed by atoms with Gasteiger partial charge in [0.05, 0.1) is 6.61 Å². The Morgan fingerprint density at radius 3 is 2.71 bits per heavy atom. The fourth-order valence-corrected chi connectivity index (χ4v) is 1.55. The van der Waals surface area contributed by atoms with Crippen molar-refractivity contribution in [1.29, 1.82) is 0 Å². The van der Waals surface area contributed by atoms with E-state index in [1.807, 2.05) is 31.2 Å². The lowest BCUT2D eigenvalue weighted by molar-refractivity contribution is 0.0860. The molecule has 0 N–H and O–H groups in total. The van der Waals surface area contributed by atoms with Crippen molar-refractivity contribution in [3.8, 4) is 0 Å². The largest absolute Gasteiger partial charge is 0.381 e. The molecule has 0 aliphatic carbocycles. The molecule has 0 fully saturated rings. The Morgan fingerprint density at radius 2 is 2.06 bits per heavy atom. The quantitative estimate of drug-likeness (QED) is 0.532. The molecule has 2 heteroatoms. The Labute approximate surface area is 104 Å². The highest BCUT2D eigenvalue weighted by atomic mass is 16.5. The summed E-state index contributed by atoms with van der Waals surface area (Å²) >= 11 is 0. The lowest BCUT2D eigenvalue weighted by Crippen LogP contribution is -2.06. The first kappa shape index (κ1) is 13.9. The minimum atomic E-state index is 0.165. The number of hydrogen-bond acceptors (Lipinski definition) is 2. The van der Waals surface area contributed by atoms with E-state index in [0.29, 0.717) is 18.9 Å².